The average molecular weight is 208 g/mol. The van der Waals surface area contributed by atoms with Gasteiger partial charge in [-0.2, -0.15) is 0 Å². The van der Waals surface area contributed by atoms with Crippen molar-refractivity contribution in [2.24, 2.45) is 0 Å². The molecule has 0 heterocycles. The summed E-state index contributed by atoms with van der Waals surface area (Å²) < 4.78 is 5.06. The van der Waals surface area contributed by atoms with Crippen molar-refractivity contribution in [2.45, 2.75) is 32.7 Å². The fourth-order valence-corrected chi connectivity index (χ4v) is 1.54. The first-order valence-electron chi connectivity index (χ1n) is 5.05. The molecule has 0 amide bonds. The summed E-state index contributed by atoms with van der Waals surface area (Å²) in [5.41, 5.74) is 0. The Morgan fingerprint density at radius 3 is 2.62 bits per heavy atom. The van der Waals surface area contributed by atoms with Crippen LogP contribution in [0.15, 0.2) is 0 Å². The van der Waals surface area contributed by atoms with Crippen LogP contribution in [0.4, 0.5) is 0 Å². The molecule has 0 aromatic heterocycles. The van der Waals surface area contributed by atoms with E-state index < -0.39 is 0 Å². The Hall–Kier alpha value is 0.210. The first kappa shape index (κ1) is 13.2. The molecule has 0 aromatic carbocycles. The van der Waals surface area contributed by atoms with Crippen molar-refractivity contribution >= 4 is 11.6 Å². The van der Waals surface area contributed by atoms with E-state index in [-0.39, 0.29) is 0 Å². The zero-order chi connectivity index (χ0) is 10.1. The summed E-state index contributed by atoms with van der Waals surface area (Å²) in [7, 11) is 1.75. The summed E-state index contributed by atoms with van der Waals surface area (Å²) in [6.45, 7) is 7.49. The quantitative estimate of drug-likeness (QED) is 0.567. The number of alkyl halides is 1. The van der Waals surface area contributed by atoms with Gasteiger partial charge in [-0.05, 0) is 32.9 Å². The molecular weight excluding hydrogens is 186 g/mol. The van der Waals surface area contributed by atoms with E-state index in [2.05, 4.69) is 18.7 Å². The summed E-state index contributed by atoms with van der Waals surface area (Å²) in [6.07, 6.45) is 2.18. The van der Waals surface area contributed by atoms with Gasteiger partial charge in [0.15, 0.2) is 0 Å². The molecule has 0 aromatic rings. The number of methoxy groups -OCH3 is 1. The Morgan fingerprint density at radius 2 is 2.15 bits per heavy atom. The molecule has 13 heavy (non-hydrogen) atoms. The molecular formula is C10H22ClNO. The fourth-order valence-electron chi connectivity index (χ4n) is 1.42. The topological polar surface area (TPSA) is 12.5 Å². The maximum absolute atomic E-state index is 5.66. The number of hydrogen-bond acceptors (Lipinski definition) is 2. The first-order valence-corrected chi connectivity index (χ1v) is 5.58. The number of rotatable bonds is 8. The molecule has 0 rings (SSSR count). The first-order chi connectivity index (χ1) is 6.26. The Morgan fingerprint density at radius 1 is 1.46 bits per heavy atom. The van der Waals surface area contributed by atoms with Crippen LogP contribution in [0, 0.1) is 0 Å². The molecule has 0 spiro atoms. The molecule has 1 atom stereocenters. The minimum Gasteiger partial charge on any atom is -0.385 e. The highest BCUT2D eigenvalue weighted by atomic mass is 35.5. The van der Waals surface area contributed by atoms with Gasteiger partial charge in [-0.15, -0.1) is 11.6 Å². The van der Waals surface area contributed by atoms with Crippen LogP contribution in [0.2, 0.25) is 0 Å². The summed E-state index contributed by atoms with van der Waals surface area (Å²) in [4.78, 5) is 2.45. The third-order valence-electron chi connectivity index (χ3n) is 2.35. The van der Waals surface area contributed by atoms with E-state index in [9.17, 15) is 0 Å². The van der Waals surface area contributed by atoms with Crippen molar-refractivity contribution in [3.8, 4) is 0 Å². The molecule has 0 aliphatic rings. The van der Waals surface area contributed by atoms with Crippen molar-refractivity contribution in [1.29, 1.82) is 0 Å². The molecule has 3 heteroatoms. The van der Waals surface area contributed by atoms with Gasteiger partial charge in [0.25, 0.3) is 0 Å². The van der Waals surface area contributed by atoms with Crippen LogP contribution in [0.25, 0.3) is 0 Å². The van der Waals surface area contributed by atoms with Gasteiger partial charge in [0.2, 0.25) is 0 Å². The Balaban J connectivity index is 3.63. The van der Waals surface area contributed by atoms with Gasteiger partial charge in [-0.25, -0.2) is 0 Å². The minimum atomic E-state index is 0.605. The van der Waals surface area contributed by atoms with Gasteiger partial charge in [0.05, 0.1) is 0 Å². The second kappa shape index (κ2) is 8.79. The van der Waals surface area contributed by atoms with Crippen LogP contribution in [0.3, 0.4) is 0 Å². The number of nitrogens with zero attached hydrogens (tertiary/aromatic N) is 1. The van der Waals surface area contributed by atoms with Crippen LogP contribution in [0.5, 0.6) is 0 Å². The van der Waals surface area contributed by atoms with E-state index in [1.165, 1.54) is 0 Å². The maximum atomic E-state index is 5.66. The third kappa shape index (κ3) is 6.30. The molecule has 0 saturated heterocycles. The zero-order valence-electron chi connectivity index (χ0n) is 9.05. The van der Waals surface area contributed by atoms with E-state index in [1.54, 1.807) is 7.11 Å². The van der Waals surface area contributed by atoms with Gasteiger partial charge in [-0.3, -0.25) is 0 Å². The lowest BCUT2D eigenvalue weighted by Gasteiger charge is -2.27. The largest absolute Gasteiger partial charge is 0.385 e. The monoisotopic (exact) mass is 207 g/mol. The Labute approximate surface area is 87.2 Å². The number of halogens is 1. The molecule has 0 radical (unpaired) electrons. The molecule has 0 aliphatic carbocycles. The van der Waals surface area contributed by atoms with Gasteiger partial charge in [-0.1, -0.05) is 6.92 Å². The molecule has 80 valence electrons. The van der Waals surface area contributed by atoms with Crippen LogP contribution in [-0.4, -0.2) is 43.6 Å². The Kier molecular flexibility index (Phi) is 8.93. The van der Waals surface area contributed by atoms with Crippen LogP contribution in [-0.2, 0) is 4.74 Å². The smallest absolute Gasteiger partial charge is 0.0477 e. The third-order valence-corrected chi connectivity index (χ3v) is 2.62. The molecule has 0 aliphatic heterocycles. The van der Waals surface area contributed by atoms with E-state index >= 15 is 0 Å². The van der Waals surface area contributed by atoms with E-state index in [0.717, 1.165) is 38.4 Å². The highest BCUT2D eigenvalue weighted by molar-refractivity contribution is 6.17. The summed E-state index contributed by atoms with van der Waals surface area (Å²) >= 11 is 5.66. The molecule has 1 unspecified atom stereocenters. The normalized spacial score (nSPS) is 13.6. The maximum Gasteiger partial charge on any atom is 0.0477 e. The lowest BCUT2D eigenvalue weighted by Crippen LogP contribution is -2.34. The molecule has 0 fully saturated rings. The van der Waals surface area contributed by atoms with Crippen molar-refractivity contribution in [3.05, 3.63) is 0 Å². The van der Waals surface area contributed by atoms with Gasteiger partial charge >= 0.3 is 0 Å². The van der Waals surface area contributed by atoms with Crippen LogP contribution >= 0.6 is 11.6 Å². The van der Waals surface area contributed by atoms with Crippen molar-refractivity contribution in [3.63, 3.8) is 0 Å². The standard InChI is InChI=1S/C10H22ClNO/c1-4-12(8-5-7-11)10(2)6-9-13-3/h10H,4-9H2,1-3H3. The van der Waals surface area contributed by atoms with Crippen molar-refractivity contribution < 1.29 is 4.74 Å². The average Bonchev–Trinajstić information content (AvgIpc) is 2.16. The highest BCUT2D eigenvalue weighted by Crippen LogP contribution is 2.04. The van der Waals surface area contributed by atoms with Crippen LogP contribution in [0.1, 0.15) is 26.7 Å². The lowest BCUT2D eigenvalue weighted by molar-refractivity contribution is 0.141. The van der Waals surface area contributed by atoms with Gasteiger partial charge in [0.1, 0.15) is 0 Å². The van der Waals surface area contributed by atoms with Crippen LogP contribution < -0.4 is 0 Å². The molecule has 0 N–H and O–H groups in total. The van der Waals surface area contributed by atoms with Gasteiger partial charge in [0, 0.05) is 25.6 Å². The van der Waals surface area contributed by atoms with Crippen molar-refractivity contribution in [1.82, 2.24) is 4.90 Å². The summed E-state index contributed by atoms with van der Waals surface area (Å²) in [5, 5.41) is 0. The fraction of sp³-hybridized carbons (Fsp3) is 1.00. The molecule has 0 saturated carbocycles. The Bertz CT molecular complexity index is 111. The van der Waals surface area contributed by atoms with E-state index in [4.69, 9.17) is 16.3 Å². The molecule has 0 bridgehead atoms. The number of ether oxygens (including phenoxy) is 1. The zero-order valence-corrected chi connectivity index (χ0v) is 9.81. The predicted molar refractivity (Wildman–Crippen MR) is 58.5 cm³/mol. The number of hydrogen-bond donors (Lipinski definition) is 0. The second-order valence-corrected chi connectivity index (χ2v) is 3.68. The van der Waals surface area contributed by atoms with E-state index in [0.29, 0.717) is 6.04 Å². The second-order valence-electron chi connectivity index (χ2n) is 3.30. The van der Waals surface area contributed by atoms with E-state index in [1.807, 2.05) is 0 Å². The lowest BCUT2D eigenvalue weighted by atomic mass is 10.2. The summed E-state index contributed by atoms with van der Waals surface area (Å²) in [6, 6.07) is 0.605. The minimum absolute atomic E-state index is 0.605. The summed E-state index contributed by atoms with van der Waals surface area (Å²) in [5.74, 6) is 0.757. The SMILES string of the molecule is CCN(CCCCl)C(C)CCOC. The highest BCUT2D eigenvalue weighted by Gasteiger charge is 2.10. The van der Waals surface area contributed by atoms with Gasteiger partial charge < -0.3 is 9.64 Å². The van der Waals surface area contributed by atoms with Crippen molar-refractivity contribution in [2.75, 3.05) is 32.7 Å². The predicted octanol–water partition coefficient (Wildman–Crippen LogP) is 2.36. The molecule has 2 nitrogen and oxygen atoms in total.